The van der Waals surface area contributed by atoms with Gasteiger partial charge in [0.15, 0.2) is 5.13 Å². The van der Waals surface area contributed by atoms with Crippen LogP contribution >= 0.6 is 11.3 Å². The Balaban J connectivity index is 1.54. The molecule has 1 aromatic carbocycles. The van der Waals surface area contributed by atoms with Crippen molar-refractivity contribution in [3.63, 3.8) is 0 Å². The number of benzene rings is 1. The van der Waals surface area contributed by atoms with Gasteiger partial charge in [0.05, 0.1) is 12.1 Å². The van der Waals surface area contributed by atoms with Gasteiger partial charge in [0, 0.05) is 25.0 Å². The minimum atomic E-state index is -0.356. The topological polar surface area (TPSA) is 45.2 Å². The molecule has 2 heterocycles. The lowest BCUT2D eigenvalue weighted by Crippen LogP contribution is -2.38. The fraction of sp³-hybridized carbons (Fsp3) is 0.474. The Labute approximate surface area is 152 Å². The molecule has 0 radical (unpaired) electrons. The molecular weight excluding hydrogens is 337 g/mol. The third-order valence-electron chi connectivity index (χ3n) is 4.44. The third-order valence-corrected chi connectivity index (χ3v) is 5.24. The van der Waals surface area contributed by atoms with Gasteiger partial charge in [-0.05, 0) is 29.9 Å². The molecule has 1 saturated heterocycles. The van der Waals surface area contributed by atoms with Gasteiger partial charge in [-0.3, -0.25) is 9.69 Å². The van der Waals surface area contributed by atoms with Gasteiger partial charge in [0.1, 0.15) is 5.82 Å². The molecule has 4 nitrogen and oxygen atoms in total. The summed E-state index contributed by atoms with van der Waals surface area (Å²) in [5.74, 6) is 0.821. The monoisotopic (exact) mass is 361 g/mol. The number of nitrogens with zero attached hydrogens (tertiary/aromatic N) is 2. The Hall–Kier alpha value is -1.79. The lowest BCUT2D eigenvalue weighted by Gasteiger charge is -2.34. The molecule has 2 aromatic rings. The van der Waals surface area contributed by atoms with Crippen molar-refractivity contribution in [1.29, 1.82) is 0 Å². The minimum Gasteiger partial charge on any atom is -0.302 e. The number of piperidine rings is 1. The first-order chi connectivity index (χ1) is 12.0. The number of nitrogens with one attached hydrogen (secondary N) is 1. The van der Waals surface area contributed by atoms with Gasteiger partial charge >= 0.3 is 0 Å². The van der Waals surface area contributed by atoms with Crippen LogP contribution in [0, 0.1) is 17.7 Å². The highest BCUT2D eigenvalue weighted by molar-refractivity contribution is 7.13. The zero-order chi connectivity index (χ0) is 17.8. The van der Waals surface area contributed by atoms with Crippen molar-refractivity contribution in [2.45, 2.75) is 33.2 Å². The van der Waals surface area contributed by atoms with Crippen LogP contribution in [-0.4, -0.2) is 28.9 Å². The van der Waals surface area contributed by atoms with Gasteiger partial charge in [-0.1, -0.05) is 32.0 Å². The molecule has 2 atom stereocenters. The fourth-order valence-corrected chi connectivity index (χ4v) is 4.28. The van der Waals surface area contributed by atoms with E-state index in [0.29, 0.717) is 22.5 Å². The van der Waals surface area contributed by atoms with E-state index in [2.05, 4.69) is 29.0 Å². The molecule has 2 unspecified atom stereocenters. The van der Waals surface area contributed by atoms with E-state index in [1.54, 1.807) is 18.2 Å². The van der Waals surface area contributed by atoms with Crippen molar-refractivity contribution in [1.82, 2.24) is 9.88 Å². The van der Waals surface area contributed by atoms with Crippen LogP contribution in [0.2, 0.25) is 0 Å². The molecule has 1 N–H and O–H groups in total. The molecule has 1 amide bonds. The van der Waals surface area contributed by atoms with Crippen LogP contribution < -0.4 is 5.32 Å². The molecule has 1 aliphatic heterocycles. The fourth-order valence-electron chi connectivity index (χ4n) is 3.57. The molecule has 6 heteroatoms. The number of halogens is 1. The number of hydrogen-bond acceptors (Lipinski definition) is 4. The summed E-state index contributed by atoms with van der Waals surface area (Å²) in [7, 11) is 0. The standard InChI is InChI=1S/C19H24FN3OS/c1-13-7-14(2)10-23(9-13)11-16-12-25-19(21-16)22-18(24)8-15-5-3-4-6-17(15)20/h3-6,12-14H,7-11H2,1-2H3,(H,21,22,24). The second kappa shape index (κ2) is 8.06. The Morgan fingerprint density at radius 2 is 2.04 bits per heavy atom. The number of carbonyl (C=O) groups excluding carboxylic acids is 1. The summed E-state index contributed by atoms with van der Waals surface area (Å²) in [6.45, 7) is 7.58. The maximum atomic E-state index is 13.6. The highest BCUT2D eigenvalue weighted by atomic mass is 32.1. The average molecular weight is 361 g/mol. The summed E-state index contributed by atoms with van der Waals surface area (Å²) < 4.78 is 13.6. The van der Waals surface area contributed by atoms with Crippen molar-refractivity contribution in [2.24, 2.45) is 11.8 Å². The zero-order valence-electron chi connectivity index (χ0n) is 14.7. The first-order valence-corrected chi connectivity index (χ1v) is 9.57. The maximum absolute atomic E-state index is 13.6. The summed E-state index contributed by atoms with van der Waals surface area (Å²) in [6, 6.07) is 6.34. The normalized spacial score (nSPS) is 21.2. The Morgan fingerprint density at radius 1 is 1.32 bits per heavy atom. The number of anilines is 1. The SMILES string of the molecule is CC1CC(C)CN(Cc2csc(NC(=O)Cc3ccccc3F)n2)C1. The quantitative estimate of drug-likeness (QED) is 0.877. The van der Waals surface area contributed by atoms with Crippen molar-refractivity contribution in [2.75, 3.05) is 18.4 Å². The third kappa shape index (κ3) is 5.09. The first-order valence-electron chi connectivity index (χ1n) is 8.69. The van der Waals surface area contributed by atoms with Crippen molar-refractivity contribution in [3.05, 3.63) is 46.7 Å². The van der Waals surface area contributed by atoms with Crippen LogP contribution in [-0.2, 0) is 17.8 Å². The number of rotatable bonds is 5. The van der Waals surface area contributed by atoms with Crippen molar-refractivity contribution < 1.29 is 9.18 Å². The molecule has 0 bridgehead atoms. The van der Waals surface area contributed by atoms with Gasteiger partial charge in [0.2, 0.25) is 5.91 Å². The molecule has 134 valence electrons. The number of carbonyl (C=O) groups is 1. The first kappa shape index (κ1) is 18.0. The number of hydrogen-bond donors (Lipinski definition) is 1. The highest BCUT2D eigenvalue weighted by Gasteiger charge is 2.22. The molecule has 0 aliphatic carbocycles. The molecule has 0 saturated carbocycles. The van der Waals surface area contributed by atoms with Crippen LogP contribution in [0.4, 0.5) is 9.52 Å². The van der Waals surface area contributed by atoms with E-state index in [9.17, 15) is 9.18 Å². The smallest absolute Gasteiger partial charge is 0.230 e. The second-order valence-electron chi connectivity index (χ2n) is 7.10. The van der Waals surface area contributed by atoms with Gasteiger partial charge in [-0.2, -0.15) is 0 Å². The number of likely N-dealkylation sites (tertiary alicyclic amines) is 1. The molecule has 0 spiro atoms. The second-order valence-corrected chi connectivity index (χ2v) is 7.96. The number of thiazole rings is 1. The van der Waals surface area contributed by atoms with E-state index in [-0.39, 0.29) is 18.1 Å². The summed E-state index contributed by atoms with van der Waals surface area (Å²) in [6.07, 6.45) is 1.30. The van der Waals surface area contributed by atoms with E-state index in [0.717, 1.165) is 25.3 Å². The molecule has 3 rings (SSSR count). The van der Waals surface area contributed by atoms with E-state index >= 15 is 0 Å². The Bertz CT molecular complexity index is 723. The molecule has 1 fully saturated rings. The van der Waals surface area contributed by atoms with Crippen LogP contribution in [0.15, 0.2) is 29.6 Å². The molecule has 1 aromatic heterocycles. The van der Waals surface area contributed by atoms with Crippen LogP contribution in [0.5, 0.6) is 0 Å². The summed E-state index contributed by atoms with van der Waals surface area (Å²) in [4.78, 5) is 19.0. The van der Waals surface area contributed by atoms with Crippen molar-refractivity contribution >= 4 is 22.4 Å². The molecule has 25 heavy (non-hydrogen) atoms. The van der Waals surface area contributed by atoms with Crippen molar-refractivity contribution in [3.8, 4) is 0 Å². The average Bonchev–Trinajstić information content (AvgIpc) is 2.95. The summed E-state index contributed by atoms with van der Waals surface area (Å²) >= 11 is 1.42. The lowest BCUT2D eigenvalue weighted by molar-refractivity contribution is -0.115. The van der Waals surface area contributed by atoms with Crippen LogP contribution in [0.3, 0.4) is 0 Å². The predicted octanol–water partition coefficient (Wildman–Crippen LogP) is 3.94. The number of amides is 1. The van der Waals surface area contributed by atoms with Gasteiger partial charge in [0.25, 0.3) is 0 Å². The van der Waals surface area contributed by atoms with E-state index in [1.165, 1.54) is 23.8 Å². The van der Waals surface area contributed by atoms with E-state index < -0.39 is 0 Å². The van der Waals surface area contributed by atoms with Gasteiger partial charge < -0.3 is 5.32 Å². The summed E-state index contributed by atoms with van der Waals surface area (Å²) in [5.41, 5.74) is 1.38. The maximum Gasteiger partial charge on any atom is 0.230 e. The van der Waals surface area contributed by atoms with Gasteiger partial charge in [-0.25, -0.2) is 9.37 Å². The van der Waals surface area contributed by atoms with Gasteiger partial charge in [-0.15, -0.1) is 11.3 Å². The summed E-state index contributed by atoms with van der Waals surface area (Å²) in [5, 5.41) is 5.34. The number of aromatic nitrogens is 1. The molecular formula is C19H24FN3OS. The Morgan fingerprint density at radius 3 is 2.76 bits per heavy atom. The van der Waals surface area contributed by atoms with Crippen LogP contribution in [0.1, 0.15) is 31.5 Å². The van der Waals surface area contributed by atoms with E-state index in [4.69, 9.17) is 0 Å². The largest absolute Gasteiger partial charge is 0.302 e. The zero-order valence-corrected chi connectivity index (χ0v) is 15.5. The Kier molecular flexibility index (Phi) is 5.81. The van der Waals surface area contributed by atoms with Crippen LogP contribution in [0.25, 0.3) is 0 Å². The predicted molar refractivity (Wildman–Crippen MR) is 99.1 cm³/mol. The molecule has 1 aliphatic rings. The lowest BCUT2D eigenvalue weighted by atomic mass is 9.92. The minimum absolute atomic E-state index is 0.0166. The van der Waals surface area contributed by atoms with E-state index in [1.807, 2.05) is 5.38 Å². The highest BCUT2D eigenvalue weighted by Crippen LogP contribution is 2.24.